The maximum absolute atomic E-state index is 5.71. The highest BCUT2D eigenvalue weighted by Crippen LogP contribution is 2.55. The van der Waals surface area contributed by atoms with Gasteiger partial charge < -0.3 is 4.42 Å². The summed E-state index contributed by atoms with van der Waals surface area (Å²) < 4.78 is 5.71. The number of benzene rings is 2. The highest BCUT2D eigenvalue weighted by molar-refractivity contribution is 5.95. The predicted octanol–water partition coefficient (Wildman–Crippen LogP) is 7.00. The zero-order valence-corrected chi connectivity index (χ0v) is 16.6. The second-order valence-electron chi connectivity index (χ2n) is 9.38. The van der Waals surface area contributed by atoms with Gasteiger partial charge in [-0.15, -0.1) is 0 Å². The first-order chi connectivity index (χ1) is 12.9. The van der Waals surface area contributed by atoms with Gasteiger partial charge in [-0.2, -0.15) is 0 Å². The van der Waals surface area contributed by atoms with Crippen LogP contribution in [0.3, 0.4) is 0 Å². The minimum Gasteiger partial charge on any atom is -0.465 e. The van der Waals surface area contributed by atoms with Crippen molar-refractivity contribution >= 4 is 11.6 Å². The molecular formula is C26H26O. The SMILES string of the molecule is CC1(C)CC(C)(C)c2c1cc1c(c2-c2ccccc2)C=C(c2ccco2)C1. The van der Waals surface area contributed by atoms with Crippen LogP contribution in [0.15, 0.2) is 59.2 Å². The van der Waals surface area contributed by atoms with Crippen molar-refractivity contribution in [3.05, 3.63) is 82.8 Å². The largest absolute Gasteiger partial charge is 0.465 e. The fraction of sp³-hybridized carbons (Fsp3) is 0.308. The molecule has 0 unspecified atom stereocenters. The van der Waals surface area contributed by atoms with E-state index in [0.29, 0.717) is 0 Å². The third-order valence-electron chi connectivity index (χ3n) is 6.34. The van der Waals surface area contributed by atoms with Crippen LogP contribution in [-0.2, 0) is 17.3 Å². The molecule has 136 valence electrons. The molecule has 2 aromatic carbocycles. The van der Waals surface area contributed by atoms with Gasteiger partial charge in [0.05, 0.1) is 6.26 Å². The molecule has 0 saturated carbocycles. The van der Waals surface area contributed by atoms with Crippen LogP contribution in [0.2, 0.25) is 0 Å². The van der Waals surface area contributed by atoms with Crippen LogP contribution in [-0.4, -0.2) is 0 Å². The van der Waals surface area contributed by atoms with Crippen LogP contribution in [0.1, 0.15) is 62.1 Å². The number of furan rings is 1. The van der Waals surface area contributed by atoms with Gasteiger partial charge in [0.2, 0.25) is 0 Å². The van der Waals surface area contributed by atoms with Gasteiger partial charge >= 0.3 is 0 Å². The fourth-order valence-corrected chi connectivity index (χ4v) is 5.54. The number of allylic oxidation sites excluding steroid dienone is 1. The van der Waals surface area contributed by atoms with E-state index >= 15 is 0 Å². The molecule has 3 aromatic rings. The third kappa shape index (κ3) is 2.45. The molecule has 1 heteroatoms. The number of rotatable bonds is 2. The van der Waals surface area contributed by atoms with Crippen LogP contribution >= 0.6 is 0 Å². The van der Waals surface area contributed by atoms with Gasteiger partial charge in [-0.1, -0.05) is 64.1 Å². The molecule has 0 saturated heterocycles. The van der Waals surface area contributed by atoms with Gasteiger partial charge in [0.1, 0.15) is 5.76 Å². The van der Waals surface area contributed by atoms with Gasteiger partial charge in [-0.3, -0.25) is 0 Å². The lowest BCUT2D eigenvalue weighted by atomic mass is 9.79. The van der Waals surface area contributed by atoms with E-state index in [1.54, 1.807) is 6.26 Å². The Labute approximate surface area is 161 Å². The van der Waals surface area contributed by atoms with Gasteiger partial charge in [-0.05, 0) is 74.4 Å². The maximum atomic E-state index is 5.71. The standard InChI is InChI=1S/C26H26O/c1-25(2)16-26(3,4)24-21(25)15-18-13-19(22-11-8-12-27-22)14-20(18)23(24)17-9-6-5-7-10-17/h5-12,14-15H,13,16H2,1-4H3. The van der Waals surface area contributed by atoms with Crippen LogP contribution in [0, 0.1) is 0 Å². The lowest BCUT2D eigenvalue weighted by Gasteiger charge is -2.25. The van der Waals surface area contributed by atoms with Gasteiger partial charge in [0.25, 0.3) is 0 Å². The average Bonchev–Trinajstić information content (AvgIpc) is 3.32. The fourth-order valence-electron chi connectivity index (χ4n) is 5.54. The summed E-state index contributed by atoms with van der Waals surface area (Å²) in [6.07, 6.45) is 6.26. The van der Waals surface area contributed by atoms with E-state index in [0.717, 1.165) is 12.2 Å². The Balaban J connectivity index is 1.83. The Morgan fingerprint density at radius 1 is 0.889 bits per heavy atom. The summed E-state index contributed by atoms with van der Waals surface area (Å²) in [5.41, 5.74) is 10.3. The van der Waals surface area contributed by atoms with Crippen molar-refractivity contribution in [2.24, 2.45) is 0 Å². The van der Waals surface area contributed by atoms with Crippen LogP contribution in [0.4, 0.5) is 0 Å². The lowest BCUT2D eigenvalue weighted by molar-refractivity contribution is 0.403. The molecule has 0 amide bonds. The summed E-state index contributed by atoms with van der Waals surface area (Å²) in [4.78, 5) is 0. The third-order valence-corrected chi connectivity index (χ3v) is 6.34. The quantitative estimate of drug-likeness (QED) is 0.483. The molecule has 2 aliphatic carbocycles. The molecule has 0 fully saturated rings. The number of hydrogen-bond acceptors (Lipinski definition) is 1. The van der Waals surface area contributed by atoms with E-state index < -0.39 is 0 Å². The summed E-state index contributed by atoms with van der Waals surface area (Å²) in [6, 6.07) is 17.5. The molecular weight excluding hydrogens is 328 g/mol. The van der Waals surface area contributed by atoms with Crippen molar-refractivity contribution in [2.75, 3.05) is 0 Å². The summed E-state index contributed by atoms with van der Waals surface area (Å²) in [7, 11) is 0. The average molecular weight is 354 g/mol. The Kier molecular flexibility index (Phi) is 3.37. The highest BCUT2D eigenvalue weighted by atomic mass is 16.3. The van der Waals surface area contributed by atoms with E-state index in [4.69, 9.17) is 4.42 Å². The smallest absolute Gasteiger partial charge is 0.130 e. The second-order valence-corrected chi connectivity index (χ2v) is 9.38. The molecule has 1 nitrogen and oxygen atoms in total. The molecule has 0 spiro atoms. The Morgan fingerprint density at radius 2 is 1.67 bits per heavy atom. The van der Waals surface area contributed by atoms with Crippen molar-refractivity contribution < 1.29 is 4.42 Å². The van der Waals surface area contributed by atoms with Crippen molar-refractivity contribution in [3.63, 3.8) is 0 Å². The lowest BCUT2D eigenvalue weighted by Crippen LogP contribution is -2.18. The van der Waals surface area contributed by atoms with E-state index in [-0.39, 0.29) is 10.8 Å². The Hall–Kier alpha value is -2.54. The summed E-state index contributed by atoms with van der Waals surface area (Å²) >= 11 is 0. The summed E-state index contributed by atoms with van der Waals surface area (Å²) in [6.45, 7) is 9.62. The molecule has 5 rings (SSSR count). The predicted molar refractivity (Wildman–Crippen MR) is 113 cm³/mol. The van der Waals surface area contributed by atoms with E-state index in [2.05, 4.69) is 76.2 Å². The van der Waals surface area contributed by atoms with Gasteiger partial charge in [-0.25, -0.2) is 0 Å². The van der Waals surface area contributed by atoms with Crippen molar-refractivity contribution in [2.45, 2.75) is 51.4 Å². The first kappa shape index (κ1) is 16.6. The Bertz CT molecular complexity index is 1050. The second kappa shape index (κ2) is 5.48. The molecule has 2 aliphatic rings. The van der Waals surface area contributed by atoms with Crippen LogP contribution in [0.25, 0.3) is 22.8 Å². The van der Waals surface area contributed by atoms with Gasteiger partial charge in [0, 0.05) is 6.42 Å². The molecule has 0 radical (unpaired) electrons. The molecule has 27 heavy (non-hydrogen) atoms. The van der Waals surface area contributed by atoms with Crippen LogP contribution < -0.4 is 0 Å². The summed E-state index contributed by atoms with van der Waals surface area (Å²) in [5.74, 6) is 0.990. The monoisotopic (exact) mass is 354 g/mol. The Morgan fingerprint density at radius 3 is 2.37 bits per heavy atom. The minimum atomic E-state index is 0.167. The zero-order valence-electron chi connectivity index (χ0n) is 16.6. The first-order valence-electron chi connectivity index (χ1n) is 9.87. The van der Waals surface area contributed by atoms with Crippen molar-refractivity contribution in [1.82, 2.24) is 0 Å². The van der Waals surface area contributed by atoms with Gasteiger partial charge in [0.15, 0.2) is 0 Å². The first-order valence-corrected chi connectivity index (χ1v) is 9.87. The zero-order chi connectivity index (χ0) is 18.8. The van der Waals surface area contributed by atoms with E-state index in [9.17, 15) is 0 Å². The molecule has 0 aliphatic heterocycles. The van der Waals surface area contributed by atoms with Crippen LogP contribution in [0.5, 0.6) is 0 Å². The maximum Gasteiger partial charge on any atom is 0.130 e. The van der Waals surface area contributed by atoms with E-state index in [1.807, 2.05) is 6.07 Å². The minimum absolute atomic E-state index is 0.167. The molecule has 0 bridgehead atoms. The normalized spacial score (nSPS) is 18.9. The highest BCUT2D eigenvalue weighted by Gasteiger charge is 2.45. The molecule has 1 heterocycles. The van der Waals surface area contributed by atoms with Crippen molar-refractivity contribution in [3.8, 4) is 11.1 Å². The van der Waals surface area contributed by atoms with Crippen molar-refractivity contribution in [1.29, 1.82) is 0 Å². The van der Waals surface area contributed by atoms with E-state index in [1.165, 1.54) is 45.4 Å². The summed E-state index contributed by atoms with van der Waals surface area (Å²) in [5, 5.41) is 0. The topological polar surface area (TPSA) is 13.1 Å². The number of hydrogen-bond donors (Lipinski definition) is 0. The number of fused-ring (bicyclic) bond motifs is 2. The molecule has 1 aromatic heterocycles. The molecule has 0 atom stereocenters. The molecule has 0 N–H and O–H groups in total.